The van der Waals surface area contributed by atoms with Gasteiger partial charge in [0.05, 0.1) is 0 Å². The molecule has 10 heteroatoms. The average Bonchev–Trinajstić information content (AvgIpc) is 3.23. The highest BCUT2D eigenvalue weighted by Gasteiger charge is 2.08. The van der Waals surface area contributed by atoms with Crippen molar-refractivity contribution in [3.63, 3.8) is 0 Å². The van der Waals surface area contributed by atoms with Gasteiger partial charge < -0.3 is 15.4 Å². The van der Waals surface area contributed by atoms with Gasteiger partial charge in [0.1, 0.15) is 23.2 Å². The first-order valence-corrected chi connectivity index (χ1v) is 9.12. The van der Waals surface area contributed by atoms with Crippen LogP contribution in [0.3, 0.4) is 0 Å². The molecule has 31 heavy (non-hydrogen) atoms. The van der Waals surface area contributed by atoms with Crippen LogP contribution in [0.2, 0.25) is 0 Å². The van der Waals surface area contributed by atoms with Gasteiger partial charge in [0.15, 0.2) is 5.82 Å². The Kier molecular flexibility index (Phi) is 5.52. The zero-order chi connectivity index (χ0) is 21.8. The second-order valence-corrected chi connectivity index (χ2v) is 6.43. The maximum absolute atomic E-state index is 13.2. The lowest BCUT2D eigenvalue weighted by molar-refractivity contribution is 0.262. The number of ether oxygens (including phenoxy) is 1. The highest BCUT2D eigenvalue weighted by atomic mass is 19.1. The minimum Gasteiger partial charge on any atom is -0.439 e. The molecule has 2 aromatic heterocycles. The van der Waals surface area contributed by atoms with Crippen molar-refractivity contribution in [1.82, 2.24) is 19.7 Å². The largest absolute Gasteiger partial charge is 0.439 e. The summed E-state index contributed by atoms with van der Waals surface area (Å²) in [6.07, 6.45) is 3.40. The summed E-state index contributed by atoms with van der Waals surface area (Å²) in [7, 11) is 0. The smallest absolute Gasteiger partial charge is 0.323 e. The molecule has 0 fully saturated rings. The van der Waals surface area contributed by atoms with Crippen molar-refractivity contribution in [2.45, 2.75) is 6.92 Å². The van der Waals surface area contributed by atoms with Crippen LogP contribution in [-0.4, -0.2) is 25.8 Å². The van der Waals surface area contributed by atoms with Crippen molar-refractivity contribution in [2.75, 3.05) is 10.6 Å². The quantitative estimate of drug-likeness (QED) is 0.487. The molecule has 0 aliphatic carbocycles. The van der Waals surface area contributed by atoms with Gasteiger partial charge in [0, 0.05) is 35.9 Å². The van der Waals surface area contributed by atoms with Crippen LogP contribution in [0.5, 0.6) is 11.6 Å². The van der Waals surface area contributed by atoms with Gasteiger partial charge in [0.25, 0.3) is 0 Å². The first-order valence-electron chi connectivity index (χ1n) is 9.12. The topological polar surface area (TPSA) is 94.0 Å². The van der Waals surface area contributed by atoms with E-state index in [1.807, 2.05) is 0 Å². The van der Waals surface area contributed by atoms with Crippen molar-refractivity contribution in [3.05, 3.63) is 84.4 Å². The summed E-state index contributed by atoms with van der Waals surface area (Å²) in [4.78, 5) is 20.6. The fourth-order valence-electron chi connectivity index (χ4n) is 2.75. The number of benzene rings is 2. The van der Waals surface area contributed by atoms with E-state index >= 15 is 0 Å². The minimum absolute atomic E-state index is 0.00192. The summed E-state index contributed by atoms with van der Waals surface area (Å²) in [6.45, 7) is 1.75. The van der Waals surface area contributed by atoms with E-state index in [4.69, 9.17) is 4.74 Å². The number of rotatable bonds is 5. The van der Waals surface area contributed by atoms with Crippen LogP contribution in [0, 0.1) is 18.6 Å². The molecule has 156 valence electrons. The first-order chi connectivity index (χ1) is 14.9. The third kappa shape index (κ3) is 5.18. The Labute approximate surface area is 175 Å². The Hall–Kier alpha value is -4.34. The number of aryl methyl sites for hydroxylation is 1. The SMILES string of the molecule is Cc1nc(Oc2ccc(NC(=O)Nc3cc(F)cc(F)c3)cc2)cc(-n2cccn2)n1. The van der Waals surface area contributed by atoms with E-state index in [-0.39, 0.29) is 5.69 Å². The molecule has 0 aliphatic heterocycles. The van der Waals surface area contributed by atoms with Crippen LogP contribution >= 0.6 is 0 Å². The summed E-state index contributed by atoms with van der Waals surface area (Å²) in [5, 5.41) is 9.07. The highest BCUT2D eigenvalue weighted by molar-refractivity contribution is 5.99. The molecule has 2 amide bonds. The maximum Gasteiger partial charge on any atom is 0.323 e. The molecular formula is C21H16F2N6O2. The molecule has 0 atom stereocenters. The first kappa shape index (κ1) is 20.0. The number of urea groups is 1. The standard InChI is InChI=1S/C21H16F2N6O2/c1-13-25-19(29-8-2-7-24-29)12-20(26-13)31-18-5-3-16(4-6-18)27-21(30)28-17-10-14(22)9-15(23)11-17/h2-12H,1H3,(H2,27,28,30). The Balaban J connectivity index is 1.41. The molecule has 2 N–H and O–H groups in total. The van der Waals surface area contributed by atoms with Gasteiger partial charge >= 0.3 is 6.03 Å². The number of amides is 2. The molecule has 8 nitrogen and oxygen atoms in total. The number of nitrogens with zero attached hydrogens (tertiary/aromatic N) is 4. The molecule has 0 aliphatic rings. The van der Waals surface area contributed by atoms with Gasteiger partial charge in [-0.15, -0.1) is 0 Å². The Morgan fingerprint density at radius 3 is 2.35 bits per heavy atom. The zero-order valence-corrected chi connectivity index (χ0v) is 16.2. The van der Waals surface area contributed by atoms with Crippen molar-refractivity contribution in [3.8, 4) is 17.4 Å². The Morgan fingerprint density at radius 2 is 1.68 bits per heavy atom. The Bertz CT molecular complexity index is 1190. The number of anilines is 2. The predicted octanol–water partition coefficient (Wildman–Crippen LogP) is 4.69. The summed E-state index contributed by atoms with van der Waals surface area (Å²) in [6, 6.07) is 12.1. The second-order valence-electron chi connectivity index (χ2n) is 6.43. The van der Waals surface area contributed by atoms with Crippen LogP contribution in [0.1, 0.15) is 5.82 Å². The van der Waals surface area contributed by atoms with E-state index < -0.39 is 17.7 Å². The highest BCUT2D eigenvalue weighted by Crippen LogP contribution is 2.23. The second kappa shape index (κ2) is 8.57. The van der Waals surface area contributed by atoms with Gasteiger partial charge in [-0.3, -0.25) is 0 Å². The van der Waals surface area contributed by atoms with Crippen molar-refractivity contribution in [2.24, 2.45) is 0 Å². The van der Waals surface area contributed by atoms with E-state index in [0.29, 0.717) is 29.0 Å². The molecule has 2 aromatic carbocycles. The van der Waals surface area contributed by atoms with Crippen molar-refractivity contribution in [1.29, 1.82) is 0 Å². The van der Waals surface area contributed by atoms with Crippen LogP contribution < -0.4 is 15.4 Å². The number of halogens is 2. The van der Waals surface area contributed by atoms with Gasteiger partial charge in [-0.2, -0.15) is 10.1 Å². The molecule has 2 heterocycles. The van der Waals surface area contributed by atoms with E-state index in [2.05, 4.69) is 25.7 Å². The minimum atomic E-state index is -0.785. The lowest BCUT2D eigenvalue weighted by Gasteiger charge is -2.10. The van der Waals surface area contributed by atoms with Crippen LogP contribution in [0.15, 0.2) is 67.0 Å². The van der Waals surface area contributed by atoms with Crippen molar-refractivity contribution < 1.29 is 18.3 Å². The molecule has 4 rings (SSSR count). The summed E-state index contributed by atoms with van der Waals surface area (Å²) >= 11 is 0. The van der Waals surface area contributed by atoms with Crippen LogP contribution in [0.25, 0.3) is 5.82 Å². The monoisotopic (exact) mass is 422 g/mol. The van der Waals surface area contributed by atoms with E-state index in [1.165, 1.54) is 0 Å². The number of aromatic nitrogens is 4. The van der Waals surface area contributed by atoms with Gasteiger partial charge in [0.2, 0.25) is 5.88 Å². The van der Waals surface area contributed by atoms with Gasteiger partial charge in [-0.25, -0.2) is 23.2 Å². The zero-order valence-electron chi connectivity index (χ0n) is 16.2. The third-order valence-corrected chi connectivity index (χ3v) is 4.00. The van der Waals surface area contributed by atoms with Crippen LogP contribution in [0.4, 0.5) is 25.0 Å². The molecule has 0 bridgehead atoms. The predicted molar refractivity (Wildman–Crippen MR) is 109 cm³/mol. The van der Waals surface area contributed by atoms with Gasteiger partial charge in [-0.1, -0.05) is 0 Å². The number of nitrogens with one attached hydrogen (secondary N) is 2. The average molecular weight is 422 g/mol. The fraction of sp³-hybridized carbons (Fsp3) is 0.0476. The number of carbonyl (C=O) groups excluding carboxylic acids is 1. The molecule has 0 saturated carbocycles. The summed E-state index contributed by atoms with van der Waals surface area (Å²) in [5.41, 5.74) is 0.458. The molecular weight excluding hydrogens is 406 g/mol. The van der Waals surface area contributed by atoms with Gasteiger partial charge in [-0.05, 0) is 49.4 Å². The number of hydrogen-bond donors (Lipinski definition) is 2. The van der Waals surface area contributed by atoms with E-state index in [0.717, 1.165) is 18.2 Å². The molecule has 0 saturated heterocycles. The molecule has 0 spiro atoms. The van der Waals surface area contributed by atoms with E-state index in [1.54, 1.807) is 60.4 Å². The number of hydrogen-bond acceptors (Lipinski definition) is 5. The van der Waals surface area contributed by atoms with Crippen LogP contribution in [-0.2, 0) is 0 Å². The van der Waals surface area contributed by atoms with Crippen molar-refractivity contribution >= 4 is 17.4 Å². The molecule has 0 radical (unpaired) electrons. The lowest BCUT2D eigenvalue weighted by atomic mass is 10.3. The summed E-state index contributed by atoms with van der Waals surface area (Å²) in [5.74, 6) is 0.343. The van der Waals surface area contributed by atoms with E-state index in [9.17, 15) is 13.6 Å². The third-order valence-electron chi connectivity index (χ3n) is 4.00. The maximum atomic E-state index is 13.2. The lowest BCUT2D eigenvalue weighted by Crippen LogP contribution is -2.19. The molecule has 0 unspecified atom stereocenters. The Morgan fingerprint density at radius 1 is 0.968 bits per heavy atom. The normalized spacial score (nSPS) is 10.5. The summed E-state index contributed by atoms with van der Waals surface area (Å²) < 4.78 is 33.8. The molecule has 4 aromatic rings. The fourth-order valence-corrected chi connectivity index (χ4v) is 2.75. The number of carbonyl (C=O) groups is 1.